The van der Waals surface area contributed by atoms with E-state index in [0.29, 0.717) is 6.54 Å². The molecule has 1 heterocycles. The van der Waals surface area contributed by atoms with Gasteiger partial charge in [-0.3, -0.25) is 9.59 Å². The highest BCUT2D eigenvalue weighted by Gasteiger charge is 2.30. The fourth-order valence-corrected chi connectivity index (χ4v) is 1.22. The van der Waals surface area contributed by atoms with E-state index in [0.717, 1.165) is 0 Å². The van der Waals surface area contributed by atoms with Gasteiger partial charge in [0, 0.05) is 18.5 Å². The maximum absolute atomic E-state index is 10.7. The van der Waals surface area contributed by atoms with E-state index in [1.54, 1.807) is 0 Å². The summed E-state index contributed by atoms with van der Waals surface area (Å²) < 4.78 is 0. The summed E-state index contributed by atoms with van der Waals surface area (Å²) in [5.74, 6) is -0.405. The molecule has 5 nitrogen and oxygen atoms in total. The predicted molar refractivity (Wildman–Crippen MR) is 43.2 cm³/mol. The minimum absolute atomic E-state index is 0.0445. The van der Waals surface area contributed by atoms with Crippen molar-refractivity contribution in [2.75, 3.05) is 13.1 Å². The molecule has 1 rings (SSSR count). The summed E-state index contributed by atoms with van der Waals surface area (Å²) in [6, 6.07) is 0. The molecule has 12 heavy (non-hydrogen) atoms. The Morgan fingerprint density at radius 1 is 1.75 bits per heavy atom. The minimum Gasteiger partial charge on any atom is -0.370 e. The third kappa shape index (κ3) is 2.20. The van der Waals surface area contributed by atoms with E-state index in [4.69, 9.17) is 5.73 Å². The second-order valence-corrected chi connectivity index (χ2v) is 3.33. The smallest absolute Gasteiger partial charge is 0.234 e. The molecule has 0 spiro atoms. The Labute approximate surface area is 70.7 Å². The van der Waals surface area contributed by atoms with E-state index in [1.165, 1.54) is 0 Å². The molecule has 2 amide bonds. The van der Waals surface area contributed by atoms with Crippen molar-refractivity contribution in [3.63, 3.8) is 0 Å². The molecule has 5 heteroatoms. The van der Waals surface area contributed by atoms with E-state index < -0.39 is 0 Å². The Morgan fingerprint density at radius 3 is 2.83 bits per heavy atom. The normalized spacial score (nSPS) is 29.6. The van der Waals surface area contributed by atoms with Crippen LogP contribution in [0.15, 0.2) is 0 Å². The molecule has 1 fully saturated rings. The standard InChI is InChI=1S/C7H13N3O2/c1-7(2-5(8)11)4-9-6(12)3-10-7/h10H,2-4H2,1H3,(H2,8,11)(H,9,12). The summed E-state index contributed by atoms with van der Waals surface area (Å²) in [5, 5.41) is 5.63. The van der Waals surface area contributed by atoms with Crippen molar-refractivity contribution in [2.45, 2.75) is 18.9 Å². The molecule has 0 aromatic rings. The van der Waals surface area contributed by atoms with Crippen LogP contribution in [0.4, 0.5) is 0 Å². The fourth-order valence-electron chi connectivity index (χ4n) is 1.22. The average Bonchev–Trinajstić information content (AvgIpc) is 1.94. The zero-order valence-corrected chi connectivity index (χ0v) is 7.02. The van der Waals surface area contributed by atoms with Crippen LogP contribution in [0.25, 0.3) is 0 Å². The zero-order valence-electron chi connectivity index (χ0n) is 7.02. The number of nitrogens with one attached hydrogen (secondary N) is 2. The number of carbonyl (C=O) groups excluding carboxylic acids is 2. The molecule has 0 radical (unpaired) electrons. The van der Waals surface area contributed by atoms with Gasteiger partial charge in [0.2, 0.25) is 11.8 Å². The van der Waals surface area contributed by atoms with Gasteiger partial charge in [0.15, 0.2) is 0 Å². The first-order valence-electron chi connectivity index (χ1n) is 3.82. The highest BCUT2D eigenvalue weighted by atomic mass is 16.2. The summed E-state index contributed by atoms with van der Waals surface area (Å²) in [6.45, 7) is 2.57. The van der Waals surface area contributed by atoms with Gasteiger partial charge in [-0.1, -0.05) is 0 Å². The number of rotatable bonds is 2. The number of primary amides is 1. The zero-order chi connectivity index (χ0) is 9.19. The molecular formula is C7H13N3O2. The van der Waals surface area contributed by atoms with Crippen LogP contribution >= 0.6 is 0 Å². The second kappa shape index (κ2) is 3.10. The predicted octanol–water partition coefficient (Wildman–Crippen LogP) is -1.66. The lowest BCUT2D eigenvalue weighted by Crippen LogP contribution is -2.60. The quantitative estimate of drug-likeness (QED) is 0.465. The van der Waals surface area contributed by atoms with Gasteiger partial charge in [0.1, 0.15) is 0 Å². The van der Waals surface area contributed by atoms with E-state index in [9.17, 15) is 9.59 Å². The van der Waals surface area contributed by atoms with Crippen molar-refractivity contribution >= 4 is 11.8 Å². The first-order chi connectivity index (χ1) is 5.52. The fraction of sp³-hybridized carbons (Fsp3) is 0.714. The molecule has 0 bridgehead atoms. The van der Waals surface area contributed by atoms with Crippen molar-refractivity contribution in [1.82, 2.24) is 10.6 Å². The van der Waals surface area contributed by atoms with E-state index >= 15 is 0 Å². The summed E-state index contributed by atoms with van der Waals surface area (Å²) in [5.41, 5.74) is 4.68. The topological polar surface area (TPSA) is 84.2 Å². The van der Waals surface area contributed by atoms with Crippen LogP contribution in [-0.4, -0.2) is 30.4 Å². The molecule has 1 aliphatic rings. The number of piperazine rings is 1. The highest BCUT2D eigenvalue weighted by molar-refractivity contribution is 5.80. The van der Waals surface area contributed by atoms with Crippen LogP contribution in [0, 0.1) is 0 Å². The number of nitrogens with two attached hydrogens (primary N) is 1. The van der Waals surface area contributed by atoms with Gasteiger partial charge in [-0.2, -0.15) is 0 Å². The van der Waals surface area contributed by atoms with Gasteiger partial charge in [-0.15, -0.1) is 0 Å². The Morgan fingerprint density at radius 2 is 2.42 bits per heavy atom. The van der Waals surface area contributed by atoms with Crippen molar-refractivity contribution in [2.24, 2.45) is 5.73 Å². The van der Waals surface area contributed by atoms with Gasteiger partial charge in [0.05, 0.1) is 6.54 Å². The molecule has 0 saturated carbocycles. The van der Waals surface area contributed by atoms with Crippen molar-refractivity contribution in [3.05, 3.63) is 0 Å². The Kier molecular flexibility index (Phi) is 2.32. The SMILES string of the molecule is CC1(CC(N)=O)CNC(=O)CN1. The Hall–Kier alpha value is -1.10. The monoisotopic (exact) mass is 171 g/mol. The van der Waals surface area contributed by atoms with Crippen LogP contribution in [0.5, 0.6) is 0 Å². The van der Waals surface area contributed by atoms with Crippen molar-refractivity contribution in [3.8, 4) is 0 Å². The van der Waals surface area contributed by atoms with Crippen molar-refractivity contribution in [1.29, 1.82) is 0 Å². The molecule has 1 unspecified atom stereocenters. The first kappa shape index (κ1) is 8.99. The van der Waals surface area contributed by atoms with Crippen LogP contribution in [0.3, 0.4) is 0 Å². The number of amides is 2. The minimum atomic E-state index is -0.375. The summed E-state index contributed by atoms with van der Waals surface area (Å²) in [6.07, 6.45) is 0.243. The molecule has 1 aliphatic heterocycles. The first-order valence-corrected chi connectivity index (χ1v) is 3.82. The van der Waals surface area contributed by atoms with Crippen LogP contribution in [0.2, 0.25) is 0 Å². The van der Waals surface area contributed by atoms with E-state index in [-0.39, 0.29) is 30.3 Å². The van der Waals surface area contributed by atoms with Crippen LogP contribution in [-0.2, 0) is 9.59 Å². The maximum Gasteiger partial charge on any atom is 0.234 e. The molecule has 0 aromatic carbocycles. The summed E-state index contributed by atoms with van der Waals surface area (Å²) in [4.78, 5) is 21.4. The lowest BCUT2D eigenvalue weighted by Gasteiger charge is -2.33. The van der Waals surface area contributed by atoms with E-state index in [2.05, 4.69) is 10.6 Å². The molecular weight excluding hydrogens is 158 g/mol. The lowest BCUT2D eigenvalue weighted by atomic mass is 9.95. The van der Waals surface area contributed by atoms with Gasteiger partial charge in [-0.05, 0) is 6.92 Å². The highest BCUT2D eigenvalue weighted by Crippen LogP contribution is 2.09. The molecule has 1 atom stereocenters. The molecule has 1 saturated heterocycles. The Bertz CT molecular complexity index is 205. The van der Waals surface area contributed by atoms with E-state index in [1.807, 2.05) is 6.92 Å². The number of carbonyl (C=O) groups is 2. The number of hydrogen-bond donors (Lipinski definition) is 3. The molecule has 0 aliphatic carbocycles. The summed E-state index contributed by atoms with van der Waals surface area (Å²) in [7, 11) is 0. The maximum atomic E-state index is 10.7. The molecule has 0 aromatic heterocycles. The van der Waals surface area contributed by atoms with Crippen LogP contribution in [0.1, 0.15) is 13.3 Å². The number of hydrogen-bond acceptors (Lipinski definition) is 3. The van der Waals surface area contributed by atoms with Gasteiger partial charge < -0.3 is 16.4 Å². The average molecular weight is 171 g/mol. The van der Waals surface area contributed by atoms with Gasteiger partial charge >= 0.3 is 0 Å². The summed E-state index contributed by atoms with van der Waals surface area (Å²) >= 11 is 0. The van der Waals surface area contributed by atoms with Crippen LogP contribution < -0.4 is 16.4 Å². The molecule has 68 valence electrons. The second-order valence-electron chi connectivity index (χ2n) is 3.33. The third-order valence-electron chi connectivity index (χ3n) is 1.92. The lowest BCUT2D eigenvalue weighted by molar-refractivity contribution is -0.125. The molecule has 4 N–H and O–H groups in total. The van der Waals surface area contributed by atoms with Gasteiger partial charge in [0.25, 0.3) is 0 Å². The third-order valence-corrected chi connectivity index (χ3v) is 1.92. The van der Waals surface area contributed by atoms with Crippen molar-refractivity contribution < 1.29 is 9.59 Å². The largest absolute Gasteiger partial charge is 0.370 e. The Balaban J connectivity index is 2.49. The van der Waals surface area contributed by atoms with Gasteiger partial charge in [-0.25, -0.2) is 0 Å².